The van der Waals surface area contributed by atoms with Crippen LogP contribution in [-0.4, -0.2) is 25.1 Å². The highest BCUT2D eigenvalue weighted by Gasteiger charge is 2.23. The van der Waals surface area contributed by atoms with Crippen LogP contribution in [0.15, 0.2) is 37.7 Å². The van der Waals surface area contributed by atoms with Crippen LogP contribution in [0.5, 0.6) is 5.75 Å². The summed E-state index contributed by atoms with van der Waals surface area (Å²) in [6.07, 6.45) is 0. The number of esters is 1. The summed E-state index contributed by atoms with van der Waals surface area (Å²) in [6, 6.07) is 5.79. The maximum absolute atomic E-state index is 12.1. The summed E-state index contributed by atoms with van der Waals surface area (Å²) in [6.45, 7) is 0. The average molecular weight is 524 g/mol. The summed E-state index contributed by atoms with van der Waals surface area (Å²) >= 11 is 10.3. The lowest BCUT2D eigenvalue weighted by atomic mass is 9.98. The van der Waals surface area contributed by atoms with Crippen molar-refractivity contribution in [3.8, 4) is 16.9 Å². The molecule has 0 bridgehead atoms. The fourth-order valence-corrected chi connectivity index (χ4v) is 5.02. The standard InChI is InChI=1S/C15H10Br3NO5/c1-23-14-11(17)6-10(16)12(13(14)18)8-4-3-7(19(21)22)5-9(8)15(20)24-2/h3-6H,1-2H3. The zero-order valence-electron chi connectivity index (χ0n) is 12.4. The van der Waals surface area contributed by atoms with Crippen LogP contribution in [0, 0.1) is 10.1 Å². The number of nitro benzene ring substituents is 1. The van der Waals surface area contributed by atoms with E-state index < -0.39 is 10.9 Å². The summed E-state index contributed by atoms with van der Waals surface area (Å²) in [4.78, 5) is 22.5. The number of non-ortho nitro benzene ring substituents is 1. The van der Waals surface area contributed by atoms with Gasteiger partial charge in [-0.25, -0.2) is 4.79 Å². The van der Waals surface area contributed by atoms with E-state index in [2.05, 4.69) is 47.8 Å². The summed E-state index contributed by atoms with van der Waals surface area (Å²) in [5, 5.41) is 11.0. The molecule has 0 aliphatic heterocycles. The summed E-state index contributed by atoms with van der Waals surface area (Å²) in [7, 11) is 2.73. The minimum atomic E-state index is -0.672. The van der Waals surface area contributed by atoms with Gasteiger partial charge < -0.3 is 9.47 Å². The van der Waals surface area contributed by atoms with Gasteiger partial charge in [0.1, 0.15) is 5.75 Å². The Hall–Kier alpha value is -1.45. The molecule has 126 valence electrons. The smallest absolute Gasteiger partial charge is 0.338 e. The minimum Gasteiger partial charge on any atom is -0.494 e. The molecule has 24 heavy (non-hydrogen) atoms. The molecule has 2 aromatic rings. The molecular formula is C15H10Br3NO5. The van der Waals surface area contributed by atoms with Crippen LogP contribution in [0.25, 0.3) is 11.1 Å². The van der Waals surface area contributed by atoms with E-state index in [1.165, 1.54) is 32.4 Å². The molecule has 0 N–H and O–H groups in total. The normalized spacial score (nSPS) is 10.4. The molecule has 0 saturated heterocycles. The Morgan fingerprint density at radius 1 is 1.12 bits per heavy atom. The topological polar surface area (TPSA) is 78.7 Å². The number of halogens is 3. The van der Waals surface area contributed by atoms with Gasteiger partial charge in [0, 0.05) is 22.2 Å². The molecular weight excluding hydrogens is 514 g/mol. The van der Waals surface area contributed by atoms with Gasteiger partial charge in [0.05, 0.1) is 33.7 Å². The van der Waals surface area contributed by atoms with Gasteiger partial charge in [-0.3, -0.25) is 10.1 Å². The predicted molar refractivity (Wildman–Crippen MR) is 99.5 cm³/mol. The lowest BCUT2D eigenvalue weighted by Gasteiger charge is -2.15. The van der Waals surface area contributed by atoms with Crippen molar-refractivity contribution in [1.29, 1.82) is 0 Å². The van der Waals surface area contributed by atoms with Gasteiger partial charge in [-0.05, 0) is 49.6 Å². The summed E-state index contributed by atoms with van der Waals surface area (Å²) < 4.78 is 12.1. The number of nitro groups is 1. The molecule has 0 fully saturated rings. The van der Waals surface area contributed by atoms with Crippen LogP contribution in [0.4, 0.5) is 5.69 Å². The maximum atomic E-state index is 12.1. The molecule has 0 heterocycles. The van der Waals surface area contributed by atoms with Crippen molar-refractivity contribution in [2.24, 2.45) is 0 Å². The largest absolute Gasteiger partial charge is 0.494 e. The zero-order valence-corrected chi connectivity index (χ0v) is 17.2. The van der Waals surface area contributed by atoms with E-state index in [1.54, 1.807) is 6.07 Å². The number of rotatable bonds is 4. The van der Waals surface area contributed by atoms with Gasteiger partial charge in [0.25, 0.3) is 5.69 Å². The van der Waals surface area contributed by atoms with Crippen LogP contribution < -0.4 is 4.74 Å². The van der Waals surface area contributed by atoms with Crippen LogP contribution in [0.2, 0.25) is 0 Å². The molecule has 0 aromatic heterocycles. The third kappa shape index (κ3) is 3.47. The van der Waals surface area contributed by atoms with Crippen molar-refractivity contribution in [3.63, 3.8) is 0 Å². The number of methoxy groups -OCH3 is 2. The van der Waals surface area contributed by atoms with Crippen LogP contribution in [-0.2, 0) is 4.74 Å². The quantitative estimate of drug-likeness (QED) is 0.307. The lowest BCUT2D eigenvalue weighted by Crippen LogP contribution is -2.05. The summed E-state index contributed by atoms with van der Waals surface area (Å²) in [5.41, 5.74) is 0.968. The minimum absolute atomic E-state index is 0.0810. The monoisotopic (exact) mass is 521 g/mol. The number of hydrogen-bond donors (Lipinski definition) is 0. The number of carbonyl (C=O) groups is 1. The number of hydrogen-bond acceptors (Lipinski definition) is 5. The van der Waals surface area contributed by atoms with Crippen LogP contribution in [0.1, 0.15) is 10.4 Å². The third-order valence-corrected chi connectivity index (χ3v) is 5.19. The summed E-state index contributed by atoms with van der Waals surface area (Å²) in [5.74, 6) is -0.142. The van der Waals surface area contributed by atoms with E-state index >= 15 is 0 Å². The maximum Gasteiger partial charge on any atom is 0.338 e. The molecule has 0 aliphatic rings. The zero-order chi connectivity index (χ0) is 18.0. The van der Waals surface area contributed by atoms with Gasteiger partial charge in [-0.2, -0.15) is 0 Å². The Labute approximate surface area is 162 Å². The third-order valence-electron chi connectivity index (χ3n) is 3.22. The van der Waals surface area contributed by atoms with Gasteiger partial charge in [-0.1, -0.05) is 15.9 Å². The van der Waals surface area contributed by atoms with E-state index in [4.69, 9.17) is 9.47 Å². The molecule has 0 unspecified atom stereocenters. The second-order valence-corrected chi connectivity index (χ2v) is 7.04. The molecule has 6 nitrogen and oxygen atoms in total. The highest BCUT2D eigenvalue weighted by Crippen LogP contribution is 2.46. The first-order chi connectivity index (χ1) is 11.3. The first kappa shape index (κ1) is 18.9. The molecule has 0 aliphatic carbocycles. The van der Waals surface area contributed by atoms with Crippen molar-refractivity contribution in [2.75, 3.05) is 14.2 Å². The Balaban J connectivity index is 2.82. The molecule has 9 heteroatoms. The van der Waals surface area contributed by atoms with E-state index in [9.17, 15) is 14.9 Å². The molecule has 2 rings (SSSR count). The first-order valence-electron chi connectivity index (χ1n) is 6.40. The van der Waals surface area contributed by atoms with Gasteiger partial charge >= 0.3 is 5.97 Å². The molecule has 2 aromatic carbocycles. The number of nitrogens with zero attached hydrogens (tertiary/aromatic N) is 1. The first-order valence-corrected chi connectivity index (χ1v) is 8.78. The number of ether oxygens (including phenoxy) is 2. The highest BCUT2D eigenvalue weighted by molar-refractivity contribution is 9.11. The van der Waals surface area contributed by atoms with Crippen LogP contribution >= 0.6 is 47.8 Å². The molecule has 0 atom stereocenters. The van der Waals surface area contributed by atoms with Crippen molar-refractivity contribution >= 4 is 59.4 Å². The van der Waals surface area contributed by atoms with Crippen LogP contribution in [0.3, 0.4) is 0 Å². The van der Waals surface area contributed by atoms with Crippen molar-refractivity contribution in [1.82, 2.24) is 0 Å². The second-order valence-electron chi connectivity index (χ2n) is 4.54. The average Bonchev–Trinajstić information content (AvgIpc) is 2.54. The number of carbonyl (C=O) groups excluding carboxylic acids is 1. The molecule has 0 amide bonds. The molecule has 0 spiro atoms. The van der Waals surface area contributed by atoms with Gasteiger partial charge in [0.15, 0.2) is 0 Å². The van der Waals surface area contributed by atoms with Crippen molar-refractivity contribution in [3.05, 3.63) is 53.4 Å². The molecule has 0 radical (unpaired) electrons. The molecule has 0 saturated carbocycles. The van der Waals surface area contributed by atoms with Gasteiger partial charge in [0.2, 0.25) is 0 Å². The van der Waals surface area contributed by atoms with Gasteiger partial charge in [-0.15, -0.1) is 0 Å². The van der Waals surface area contributed by atoms with Crippen molar-refractivity contribution < 1.29 is 19.2 Å². The Morgan fingerprint density at radius 3 is 2.33 bits per heavy atom. The predicted octanol–water partition coefficient (Wildman–Crippen LogP) is 5.34. The fraction of sp³-hybridized carbons (Fsp3) is 0.133. The van der Waals surface area contributed by atoms with E-state index in [1.807, 2.05) is 0 Å². The fourth-order valence-electron chi connectivity index (χ4n) is 2.15. The van der Waals surface area contributed by atoms with Crippen molar-refractivity contribution in [2.45, 2.75) is 0 Å². The highest BCUT2D eigenvalue weighted by atomic mass is 79.9. The SMILES string of the molecule is COC(=O)c1cc([N+](=O)[O-])ccc1-c1c(Br)cc(Br)c(OC)c1Br. The Kier molecular flexibility index (Phi) is 6.00. The Bertz CT molecular complexity index is 838. The van der Waals surface area contributed by atoms with E-state index in [0.717, 1.165) is 0 Å². The Morgan fingerprint density at radius 2 is 1.79 bits per heavy atom. The lowest BCUT2D eigenvalue weighted by molar-refractivity contribution is -0.384. The van der Waals surface area contributed by atoms with E-state index in [0.29, 0.717) is 30.3 Å². The van der Waals surface area contributed by atoms with E-state index in [-0.39, 0.29) is 11.3 Å². The number of benzene rings is 2. The second kappa shape index (κ2) is 7.62.